The van der Waals surface area contributed by atoms with Gasteiger partial charge >= 0.3 is 0 Å². The molecule has 0 aromatic heterocycles. The van der Waals surface area contributed by atoms with Crippen LogP contribution in [0.1, 0.15) is 23.7 Å². The molecule has 0 saturated carbocycles. The van der Waals surface area contributed by atoms with E-state index >= 15 is 0 Å². The van der Waals surface area contributed by atoms with E-state index in [0.29, 0.717) is 12.1 Å². The van der Waals surface area contributed by atoms with Gasteiger partial charge in [-0.3, -0.25) is 4.79 Å². The topological polar surface area (TPSA) is 66.6 Å². The Kier molecular flexibility index (Phi) is 5.71. The number of aryl methyl sites for hydroxylation is 1. The molecule has 0 spiro atoms. The Hall–Kier alpha value is -2.40. The number of rotatable bonds is 7. The fourth-order valence-electron chi connectivity index (χ4n) is 2.42. The van der Waals surface area contributed by atoms with Crippen LogP contribution in [0, 0.1) is 12.7 Å². The maximum Gasteiger partial charge on any atom is 0.219 e. The molecular formula is C18H21FN2O2. The van der Waals surface area contributed by atoms with Gasteiger partial charge in [-0.15, -0.1) is 0 Å². The number of carbonyl (C=O) groups is 1. The molecule has 2 aromatic rings. The smallest absolute Gasteiger partial charge is 0.219 e. The number of nitrogens with two attached hydrogens (primary N) is 1. The molecule has 0 radical (unpaired) electrons. The van der Waals surface area contributed by atoms with E-state index in [1.54, 1.807) is 12.1 Å². The van der Waals surface area contributed by atoms with Gasteiger partial charge in [0.15, 0.2) is 0 Å². The zero-order valence-electron chi connectivity index (χ0n) is 13.1. The zero-order chi connectivity index (χ0) is 16.8. The largest absolute Gasteiger partial charge is 0.387 e. The third kappa shape index (κ3) is 5.07. The quantitative estimate of drug-likeness (QED) is 0.825. The van der Waals surface area contributed by atoms with Crippen molar-refractivity contribution in [3.63, 3.8) is 0 Å². The summed E-state index contributed by atoms with van der Waals surface area (Å²) in [6.07, 6.45) is -0.678. The monoisotopic (exact) mass is 316 g/mol. The number of aliphatic hydroxyl groups excluding tert-OH is 1. The van der Waals surface area contributed by atoms with Crippen molar-refractivity contribution in [2.24, 2.45) is 5.73 Å². The number of carbonyl (C=O) groups excluding carboxylic acids is 1. The second kappa shape index (κ2) is 7.74. The van der Waals surface area contributed by atoms with Crippen molar-refractivity contribution in [1.29, 1.82) is 0 Å². The number of anilines is 1. The summed E-state index contributed by atoms with van der Waals surface area (Å²) in [4.78, 5) is 13.0. The van der Waals surface area contributed by atoms with Crippen molar-refractivity contribution in [1.82, 2.24) is 0 Å². The molecule has 0 fully saturated rings. The lowest BCUT2D eigenvalue weighted by Gasteiger charge is -2.27. The third-order valence-corrected chi connectivity index (χ3v) is 3.62. The normalized spacial score (nSPS) is 12.0. The molecule has 0 aliphatic heterocycles. The fourth-order valence-corrected chi connectivity index (χ4v) is 2.42. The summed E-state index contributed by atoms with van der Waals surface area (Å²) in [5.74, 6) is -0.788. The molecule has 0 bridgehead atoms. The summed E-state index contributed by atoms with van der Waals surface area (Å²) in [5.41, 5.74) is 7.70. The summed E-state index contributed by atoms with van der Waals surface area (Å²) in [5, 5.41) is 10.4. The van der Waals surface area contributed by atoms with E-state index in [1.165, 1.54) is 12.1 Å². The van der Waals surface area contributed by atoms with Crippen LogP contribution in [-0.4, -0.2) is 24.1 Å². The molecule has 2 rings (SSSR count). The zero-order valence-corrected chi connectivity index (χ0v) is 13.1. The van der Waals surface area contributed by atoms with Gasteiger partial charge in [-0.25, -0.2) is 4.39 Å². The van der Waals surface area contributed by atoms with Gasteiger partial charge in [-0.05, 0) is 42.3 Å². The highest BCUT2D eigenvalue weighted by Crippen LogP contribution is 2.21. The Labute approximate surface area is 135 Å². The van der Waals surface area contributed by atoms with Gasteiger partial charge in [0.1, 0.15) is 5.82 Å². The Morgan fingerprint density at radius 1 is 1.26 bits per heavy atom. The van der Waals surface area contributed by atoms with Crippen molar-refractivity contribution >= 4 is 11.6 Å². The number of nitrogens with zero attached hydrogens (tertiary/aromatic N) is 1. The highest BCUT2D eigenvalue weighted by atomic mass is 19.1. The number of hydrogen-bond donors (Lipinski definition) is 2. The first kappa shape index (κ1) is 17.0. The summed E-state index contributed by atoms with van der Waals surface area (Å²) < 4.78 is 13.3. The minimum absolute atomic E-state index is 0.184. The van der Waals surface area contributed by atoms with Crippen LogP contribution in [0.25, 0.3) is 0 Å². The Morgan fingerprint density at radius 3 is 2.65 bits per heavy atom. The number of amides is 1. The van der Waals surface area contributed by atoms with Crippen LogP contribution in [0.5, 0.6) is 0 Å². The SMILES string of the molecule is Cc1cccc(N(CCC(N)=O)CC(O)c2cccc(F)c2)c1. The van der Waals surface area contributed by atoms with Crippen molar-refractivity contribution in [2.75, 3.05) is 18.0 Å². The molecule has 4 nitrogen and oxygen atoms in total. The lowest BCUT2D eigenvalue weighted by Crippen LogP contribution is -2.32. The molecule has 2 aromatic carbocycles. The number of primary amides is 1. The molecule has 0 heterocycles. The second-order valence-electron chi connectivity index (χ2n) is 5.57. The first-order chi connectivity index (χ1) is 11.0. The number of hydrogen-bond acceptors (Lipinski definition) is 3. The predicted octanol–water partition coefficient (Wildman–Crippen LogP) is 2.55. The van der Waals surface area contributed by atoms with Crippen LogP contribution in [0.3, 0.4) is 0 Å². The maximum atomic E-state index is 13.3. The summed E-state index contributed by atoms with van der Waals surface area (Å²) >= 11 is 0. The molecular weight excluding hydrogens is 295 g/mol. The van der Waals surface area contributed by atoms with Crippen LogP contribution in [-0.2, 0) is 4.79 Å². The molecule has 0 aliphatic rings. The lowest BCUT2D eigenvalue weighted by atomic mass is 10.1. The summed E-state index contributed by atoms with van der Waals surface area (Å²) in [6.45, 7) is 2.62. The Balaban J connectivity index is 2.18. The number of benzene rings is 2. The molecule has 23 heavy (non-hydrogen) atoms. The molecule has 1 amide bonds. The van der Waals surface area contributed by atoms with Crippen LogP contribution >= 0.6 is 0 Å². The molecule has 0 aliphatic carbocycles. The first-order valence-corrected chi connectivity index (χ1v) is 7.49. The fraction of sp³-hybridized carbons (Fsp3) is 0.278. The Bertz CT molecular complexity index is 676. The van der Waals surface area contributed by atoms with Crippen molar-refractivity contribution in [3.8, 4) is 0 Å². The van der Waals surface area contributed by atoms with E-state index in [2.05, 4.69) is 0 Å². The van der Waals surface area contributed by atoms with Crippen LogP contribution in [0.2, 0.25) is 0 Å². The van der Waals surface area contributed by atoms with Gasteiger partial charge in [-0.1, -0.05) is 24.3 Å². The minimum atomic E-state index is -0.862. The average Bonchev–Trinajstić information content (AvgIpc) is 2.51. The second-order valence-corrected chi connectivity index (χ2v) is 5.57. The standard InChI is InChI=1S/C18H21FN2O2/c1-13-4-2-7-16(10-13)21(9-8-18(20)23)12-17(22)14-5-3-6-15(19)11-14/h2-7,10-11,17,22H,8-9,12H2,1H3,(H2,20,23). The van der Waals surface area contributed by atoms with Crippen molar-refractivity contribution in [3.05, 3.63) is 65.5 Å². The van der Waals surface area contributed by atoms with Gasteiger partial charge in [0.25, 0.3) is 0 Å². The molecule has 3 N–H and O–H groups in total. The molecule has 1 atom stereocenters. The number of halogens is 1. The Morgan fingerprint density at radius 2 is 2.00 bits per heavy atom. The van der Waals surface area contributed by atoms with E-state index in [1.807, 2.05) is 36.1 Å². The van der Waals surface area contributed by atoms with Gasteiger partial charge in [0.05, 0.1) is 6.10 Å². The van der Waals surface area contributed by atoms with Crippen LogP contribution in [0.15, 0.2) is 48.5 Å². The average molecular weight is 316 g/mol. The highest BCUT2D eigenvalue weighted by Gasteiger charge is 2.15. The maximum absolute atomic E-state index is 13.3. The molecule has 1 unspecified atom stereocenters. The van der Waals surface area contributed by atoms with Gasteiger partial charge in [0, 0.05) is 25.2 Å². The lowest BCUT2D eigenvalue weighted by molar-refractivity contribution is -0.117. The van der Waals surface area contributed by atoms with E-state index < -0.39 is 12.0 Å². The summed E-state index contributed by atoms with van der Waals surface area (Å²) in [6, 6.07) is 13.7. The van der Waals surface area contributed by atoms with E-state index in [4.69, 9.17) is 5.73 Å². The van der Waals surface area contributed by atoms with Gasteiger partial charge in [0.2, 0.25) is 5.91 Å². The van der Waals surface area contributed by atoms with E-state index in [-0.39, 0.29) is 18.8 Å². The molecule has 122 valence electrons. The summed E-state index contributed by atoms with van der Waals surface area (Å²) in [7, 11) is 0. The first-order valence-electron chi connectivity index (χ1n) is 7.49. The number of aliphatic hydroxyl groups is 1. The van der Waals surface area contributed by atoms with Gasteiger partial charge < -0.3 is 15.7 Å². The molecule has 0 saturated heterocycles. The third-order valence-electron chi connectivity index (χ3n) is 3.62. The minimum Gasteiger partial charge on any atom is -0.387 e. The van der Waals surface area contributed by atoms with Gasteiger partial charge in [-0.2, -0.15) is 0 Å². The molecule has 5 heteroatoms. The van der Waals surface area contributed by atoms with E-state index in [0.717, 1.165) is 11.3 Å². The van der Waals surface area contributed by atoms with Crippen LogP contribution in [0.4, 0.5) is 10.1 Å². The van der Waals surface area contributed by atoms with Crippen molar-refractivity contribution in [2.45, 2.75) is 19.4 Å². The van der Waals surface area contributed by atoms with Crippen LogP contribution < -0.4 is 10.6 Å². The highest BCUT2D eigenvalue weighted by molar-refractivity contribution is 5.74. The van der Waals surface area contributed by atoms with E-state index in [9.17, 15) is 14.3 Å². The predicted molar refractivity (Wildman–Crippen MR) is 88.6 cm³/mol. The van der Waals surface area contributed by atoms with Crippen molar-refractivity contribution < 1.29 is 14.3 Å².